The summed E-state index contributed by atoms with van der Waals surface area (Å²) in [6.45, 7) is 4.89. The van der Waals surface area contributed by atoms with Crippen molar-refractivity contribution in [3.05, 3.63) is 24.2 Å². The summed E-state index contributed by atoms with van der Waals surface area (Å²) in [5.74, 6) is 0.922. The van der Waals surface area contributed by atoms with Crippen molar-refractivity contribution in [1.29, 1.82) is 0 Å². The lowest BCUT2D eigenvalue weighted by atomic mass is 10.0. The summed E-state index contributed by atoms with van der Waals surface area (Å²) in [6, 6.07) is 4.37. The van der Waals surface area contributed by atoms with E-state index in [-0.39, 0.29) is 5.91 Å². The van der Waals surface area contributed by atoms with Crippen molar-refractivity contribution in [2.45, 2.75) is 63.6 Å². The first-order chi connectivity index (χ1) is 11.1. The quantitative estimate of drug-likeness (QED) is 0.875. The topological polar surface area (TPSA) is 56.9 Å². The van der Waals surface area contributed by atoms with Crippen LogP contribution in [0.25, 0.3) is 0 Å². The van der Waals surface area contributed by atoms with Crippen molar-refractivity contribution in [2.75, 3.05) is 19.6 Å². The summed E-state index contributed by atoms with van der Waals surface area (Å²) in [5.41, 5.74) is 0. The van der Waals surface area contributed by atoms with Gasteiger partial charge in [-0.25, -0.2) is 0 Å². The van der Waals surface area contributed by atoms with Crippen LogP contribution in [0, 0.1) is 0 Å². The van der Waals surface area contributed by atoms with E-state index in [1.165, 1.54) is 0 Å². The third-order valence-corrected chi connectivity index (χ3v) is 5.35. The Kier molecular flexibility index (Phi) is 5.38. The van der Waals surface area contributed by atoms with Gasteiger partial charge in [0, 0.05) is 31.6 Å². The first-order valence-electron chi connectivity index (χ1n) is 8.90. The second-order valence-electron chi connectivity index (χ2n) is 6.93. The van der Waals surface area contributed by atoms with Gasteiger partial charge in [-0.05, 0) is 57.7 Å². The zero-order chi connectivity index (χ0) is 16.2. The molecule has 0 spiro atoms. The first-order valence-corrected chi connectivity index (χ1v) is 8.90. The molecule has 1 N–H and O–H groups in total. The molecule has 0 bridgehead atoms. The van der Waals surface area contributed by atoms with E-state index in [1.54, 1.807) is 12.3 Å². The molecule has 1 amide bonds. The molecule has 5 nitrogen and oxygen atoms in total. The highest BCUT2D eigenvalue weighted by Crippen LogP contribution is 2.28. The Morgan fingerprint density at radius 3 is 2.91 bits per heavy atom. The molecule has 3 rings (SSSR count). The van der Waals surface area contributed by atoms with Gasteiger partial charge in [0.25, 0.3) is 0 Å². The fourth-order valence-electron chi connectivity index (χ4n) is 4.00. The third-order valence-electron chi connectivity index (χ3n) is 5.35. The molecule has 0 aromatic carbocycles. The van der Waals surface area contributed by atoms with Crippen molar-refractivity contribution in [1.82, 2.24) is 9.80 Å². The van der Waals surface area contributed by atoms with Crippen molar-refractivity contribution in [3.8, 4) is 0 Å². The second kappa shape index (κ2) is 7.49. The summed E-state index contributed by atoms with van der Waals surface area (Å²) in [5, 5.41) is 10.3. The Morgan fingerprint density at radius 2 is 2.22 bits per heavy atom. The van der Waals surface area contributed by atoms with Gasteiger partial charge >= 0.3 is 0 Å². The van der Waals surface area contributed by atoms with Crippen LogP contribution in [0.15, 0.2) is 22.8 Å². The molecule has 2 aliphatic heterocycles. The highest BCUT2D eigenvalue weighted by Gasteiger charge is 2.30. The number of nitrogens with zero attached hydrogens (tertiary/aromatic N) is 2. The number of likely N-dealkylation sites (tertiary alicyclic amines) is 2. The van der Waals surface area contributed by atoms with Gasteiger partial charge in [-0.2, -0.15) is 0 Å². The molecule has 0 aliphatic carbocycles. The van der Waals surface area contributed by atoms with Crippen LogP contribution in [0.3, 0.4) is 0 Å². The molecule has 3 unspecified atom stereocenters. The molecule has 3 heterocycles. The number of aliphatic hydroxyl groups excluding tert-OH is 1. The van der Waals surface area contributed by atoms with E-state index in [0.717, 1.165) is 45.3 Å². The van der Waals surface area contributed by atoms with Crippen LogP contribution in [0.1, 0.15) is 57.3 Å². The average Bonchev–Trinajstić information content (AvgIpc) is 3.26. The molecule has 2 saturated heterocycles. The van der Waals surface area contributed by atoms with Gasteiger partial charge in [0.1, 0.15) is 11.9 Å². The number of aliphatic hydroxyl groups is 1. The van der Waals surface area contributed by atoms with Gasteiger partial charge in [0.15, 0.2) is 0 Å². The Morgan fingerprint density at radius 1 is 1.39 bits per heavy atom. The number of amides is 1. The molecular formula is C18H28N2O3. The molecule has 0 saturated carbocycles. The lowest BCUT2D eigenvalue weighted by Gasteiger charge is -2.27. The van der Waals surface area contributed by atoms with E-state index < -0.39 is 6.10 Å². The van der Waals surface area contributed by atoms with Crippen molar-refractivity contribution >= 4 is 5.91 Å². The van der Waals surface area contributed by atoms with Gasteiger partial charge in [0.2, 0.25) is 5.91 Å². The molecule has 3 atom stereocenters. The normalized spacial score (nSPS) is 26.8. The largest absolute Gasteiger partial charge is 0.467 e. The summed E-state index contributed by atoms with van der Waals surface area (Å²) in [4.78, 5) is 16.8. The van der Waals surface area contributed by atoms with Crippen LogP contribution in [0.5, 0.6) is 0 Å². The van der Waals surface area contributed by atoms with Crippen molar-refractivity contribution in [2.24, 2.45) is 0 Å². The number of carbonyl (C=O) groups is 1. The van der Waals surface area contributed by atoms with E-state index in [0.29, 0.717) is 30.7 Å². The van der Waals surface area contributed by atoms with Crippen LogP contribution >= 0.6 is 0 Å². The minimum atomic E-state index is -0.551. The molecule has 5 heteroatoms. The van der Waals surface area contributed by atoms with E-state index in [2.05, 4.69) is 11.8 Å². The molecule has 128 valence electrons. The van der Waals surface area contributed by atoms with Crippen LogP contribution < -0.4 is 0 Å². The molecule has 1 aromatic heterocycles. The zero-order valence-electron chi connectivity index (χ0n) is 14.0. The Labute approximate surface area is 138 Å². The first kappa shape index (κ1) is 16.5. The van der Waals surface area contributed by atoms with Gasteiger partial charge in [-0.1, -0.05) is 0 Å². The van der Waals surface area contributed by atoms with Gasteiger partial charge in [-0.3, -0.25) is 9.69 Å². The van der Waals surface area contributed by atoms with Crippen molar-refractivity contribution < 1.29 is 14.3 Å². The Hall–Kier alpha value is -1.33. The molecule has 23 heavy (non-hydrogen) atoms. The summed E-state index contributed by atoms with van der Waals surface area (Å²) in [6.07, 6.45) is 6.82. The maximum Gasteiger partial charge on any atom is 0.224 e. The van der Waals surface area contributed by atoms with Crippen LogP contribution in [0.2, 0.25) is 0 Å². The fourth-order valence-corrected chi connectivity index (χ4v) is 4.00. The number of furan rings is 1. The highest BCUT2D eigenvalue weighted by atomic mass is 16.4. The summed E-state index contributed by atoms with van der Waals surface area (Å²) < 4.78 is 5.29. The van der Waals surface area contributed by atoms with Crippen LogP contribution in [0.4, 0.5) is 0 Å². The SMILES string of the molecule is CC1CCCN1C(=O)CCN1CCCC1CC(O)c1ccco1. The Bertz CT molecular complexity index is 502. The maximum absolute atomic E-state index is 12.4. The minimum absolute atomic E-state index is 0.284. The maximum atomic E-state index is 12.4. The predicted octanol–water partition coefficient (Wildman–Crippen LogP) is 2.57. The van der Waals surface area contributed by atoms with Gasteiger partial charge < -0.3 is 14.4 Å². The van der Waals surface area contributed by atoms with Crippen LogP contribution in [-0.2, 0) is 4.79 Å². The lowest BCUT2D eigenvalue weighted by molar-refractivity contribution is -0.132. The molecule has 2 fully saturated rings. The second-order valence-corrected chi connectivity index (χ2v) is 6.93. The number of carbonyl (C=O) groups excluding carboxylic acids is 1. The predicted molar refractivity (Wildman–Crippen MR) is 87.9 cm³/mol. The zero-order valence-corrected chi connectivity index (χ0v) is 14.0. The van der Waals surface area contributed by atoms with E-state index >= 15 is 0 Å². The van der Waals surface area contributed by atoms with Crippen molar-refractivity contribution in [3.63, 3.8) is 0 Å². The average molecular weight is 320 g/mol. The van der Waals surface area contributed by atoms with Crippen LogP contribution in [-0.4, -0.2) is 52.5 Å². The smallest absolute Gasteiger partial charge is 0.224 e. The van der Waals surface area contributed by atoms with E-state index in [9.17, 15) is 9.90 Å². The number of rotatable bonds is 6. The van der Waals surface area contributed by atoms with E-state index in [1.807, 2.05) is 11.0 Å². The third kappa shape index (κ3) is 3.96. The lowest BCUT2D eigenvalue weighted by Crippen LogP contribution is -2.38. The molecule has 2 aliphatic rings. The summed E-state index contributed by atoms with van der Waals surface area (Å²) in [7, 11) is 0. The molecular weight excluding hydrogens is 292 g/mol. The number of hydrogen-bond acceptors (Lipinski definition) is 4. The monoisotopic (exact) mass is 320 g/mol. The molecule has 0 radical (unpaired) electrons. The standard InChI is InChI=1S/C18H28N2O3/c1-14-5-2-10-20(14)18(22)8-11-19-9-3-6-15(19)13-16(21)17-7-4-12-23-17/h4,7,12,14-16,21H,2-3,5-6,8-11,13H2,1H3. The summed E-state index contributed by atoms with van der Waals surface area (Å²) >= 11 is 0. The highest BCUT2D eigenvalue weighted by molar-refractivity contribution is 5.77. The minimum Gasteiger partial charge on any atom is -0.467 e. The van der Waals surface area contributed by atoms with Gasteiger partial charge in [-0.15, -0.1) is 0 Å². The fraction of sp³-hybridized carbons (Fsp3) is 0.722. The van der Waals surface area contributed by atoms with E-state index in [4.69, 9.17) is 4.42 Å². The molecule has 1 aromatic rings. The van der Waals surface area contributed by atoms with Gasteiger partial charge in [0.05, 0.1) is 6.26 Å². The number of hydrogen-bond donors (Lipinski definition) is 1. The Balaban J connectivity index is 1.48.